The van der Waals surface area contributed by atoms with Gasteiger partial charge < -0.3 is 11.1 Å². The molecule has 0 saturated heterocycles. The Bertz CT molecular complexity index is 467. The monoisotopic (exact) mass is 267 g/mol. The molecule has 6 heteroatoms. The molecule has 0 heterocycles. The second kappa shape index (κ2) is 5.97. The van der Waals surface area contributed by atoms with Crippen molar-refractivity contribution in [1.29, 1.82) is 0 Å². The molecular weight excluding hydrogens is 249 g/mol. The van der Waals surface area contributed by atoms with Gasteiger partial charge in [-0.2, -0.15) is 4.39 Å². The second-order valence-corrected chi connectivity index (χ2v) is 4.95. The maximum atomic E-state index is 13.5. The lowest BCUT2D eigenvalue weighted by molar-refractivity contribution is -0.386. The molecule has 1 aliphatic carbocycles. The van der Waals surface area contributed by atoms with Crippen molar-refractivity contribution in [2.45, 2.75) is 44.2 Å². The van der Waals surface area contributed by atoms with Crippen LogP contribution in [0, 0.1) is 15.9 Å². The molecule has 0 spiro atoms. The van der Waals surface area contributed by atoms with E-state index in [2.05, 4.69) is 5.32 Å². The number of hydrogen-bond donors (Lipinski definition) is 2. The summed E-state index contributed by atoms with van der Waals surface area (Å²) < 4.78 is 13.5. The highest BCUT2D eigenvalue weighted by molar-refractivity contribution is 5.62. The maximum absolute atomic E-state index is 13.5. The fourth-order valence-electron chi connectivity index (χ4n) is 2.53. The SMILES string of the molecule is NC1CCCCCC1Nc1cccc(F)c1[N+](=O)[O-]. The van der Waals surface area contributed by atoms with E-state index in [4.69, 9.17) is 5.73 Å². The van der Waals surface area contributed by atoms with E-state index >= 15 is 0 Å². The van der Waals surface area contributed by atoms with Crippen LogP contribution in [-0.2, 0) is 0 Å². The van der Waals surface area contributed by atoms with Crippen LogP contribution >= 0.6 is 0 Å². The zero-order chi connectivity index (χ0) is 13.8. The molecule has 1 aromatic rings. The number of rotatable bonds is 3. The average molecular weight is 267 g/mol. The van der Waals surface area contributed by atoms with Crippen LogP contribution in [0.2, 0.25) is 0 Å². The molecule has 3 N–H and O–H groups in total. The minimum absolute atomic E-state index is 0.0389. The van der Waals surface area contributed by atoms with Crippen LogP contribution in [0.1, 0.15) is 32.1 Å². The van der Waals surface area contributed by atoms with Gasteiger partial charge in [0.2, 0.25) is 5.82 Å². The van der Waals surface area contributed by atoms with Gasteiger partial charge in [0, 0.05) is 12.1 Å². The van der Waals surface area contributed by atoms with Crippen molar-refractivity contribution in [2.75, 3.05) is 5.32 Å². The van der Waals surface area contributed by atoms with Crippen molar-refractivity contribution in [2.24, 2.45) is 5.73 Å². The second-order valence-electron chi connectivity index (χ2n) is 4.95. The molecule has 0 aliphatic heterocycles. The highest BCUT2D eigenvalue weighted by Gasteiger charge is 2.25. The Morgan fingerprint density at radius 3 is 2.79 bits per heavy atom. The molecular formula is C13H18FN3O2. The largest absolute Gasteiger partial charge is 0.375 e. The third-order valence-electron chi connectivity index (χ3n) is 3.58. The number of hydrogen-bond acceptors (Lipinski definition) is 4. The fourth-order valence-corrected chi connectivity index (χ4v) is 2.53. The van der Waals surface area contributed by atoms with Crippen LogP contribution in [0.4, 0.5) is 15.8 Å². The third kappa shape index (κ3) is 3.20. The molecule has 1 fully saturated rings. The summed E-state index contributed by atoms with van der Waals surface area (Å²) in [5.41, 5.74) is 5.78. The molecule has 2 rings (SSSR count). The van der Waals surface area contributed by atoms with Gasteiger partial charge in [-0.3, -0.25) is 10.1 Å². The van der Waals surface area contributed by atoms with E-state index in [-0.39, 0.29) is 17.8 Å². The first-order valence-corrected chi connectivity index (χ1v) is 6.54. The fraction of sp³-hybridized carbons (Fsp3) is 0.538. The quantitative estimate of drug-likeness (QED) is 0.501. The van der Waals surface area contributed by atoms with Gasteiger partial charge >= 0.3 is 5.69 Å². The van der Waals surface area contributed by atoms with Crippen LogP contribution in [0.25, 0.3) is 0 Å². The van der Waals surface area contributed by atoms with E-state index < -0.39 is 16.4 Å². The predicted molar refractivity (Wildman–Crippen MR) is 71.5 cm³/mol. The summed E-state index contributed by atoms with van der Waals surface area (Å²) in [5.74, 6) is -0.822. The third-order valence-corrected chi connectivity index (χ3v) is 3.58. The molecule has 0 aromatic heterocycles. The number of anilines is 1. The minimum Gasteiger partial charge on any atom is -0.375 e. The van der Waals surface area contributed by atoms with Crippen molar-refractivity contribution in [3.8, 4) is 0 Å². The summed E-state index contributed by atoms with van der Waals surface area (Å²) in [6, 6.07) is 4.00. The van der Waals surface area contributed by atoms with Crippen LogP contribution in [-0.4, -0.2) is 17.0 Å². The lowest BCUT2D eigenvalue weighted by atomic mass is 10.0. The number of nitrogens with zero attached hydrogens (tertiary/aromatic N) is 1. The van der Waals surface area contributed by atoms with Crippen LogP contribution < -0.4 is 11.1 Å². The highest BCUT2D eigenvalue weighted by atomic mass is 19.1. The number of nitrogens with two attached hydrogens (primary N) is 1. The van der Waals surface area contributed by atoms with Crippen molar-refractivity contribution < 1.29 is 9.31 Å². The minimum atomic E-state index is -0.822. The molecule has 0 radical (unpaired) electrons. The van der Waals surface area contributed by atoms with Gasteiger partial charge in [-0.15, -0.1) is 0 Å². The first-order chi connectivity index (χ1) is 9.09. The smallest absolute Gasteiger partial charge is 0.327 e. The topological polar surface area (TPSA) is 81.2 Å². The van der Waals surface area contributed by atoms with E-state index in [0.717, 1.165) is 38.2 Å². The summed E-state index contributed by atoms with van der Waals surface area (Å²) >= 11 is 0. The number of para-hydroxylation sites is 1. The summed E-state index contributed by atoms with van der Waals surface area (Å²) in [4.78, 5) is 10.2. The lowest BCUT2D eigenvalue weighted by Gasteiger charge is -2.23. The van der Waals surface area contributed by atoms with E-state index in [0.29, 0.717) is 0 Å². The number of nitro benzene ring substituents is 1. The molecule has 1 aromatic carbocycles. The summed E-state index contributed by atoms with van der Waals surface area (Å²) in [7, 11) is 0. The van der Waals surface area contributed by atoms with Crippen molar-refractivity contribution in [1.82, 2.24) is 0 Å². The zero-order valence-corrected chi connectivity index (χ0v) is 10.6. The Morgan fingerprint density at radius 1 is 1.32 bits per heavy atom. The lowest BCUT2D eigenvalue weighted by Crippen LogP contribution is -2.39. The van der Waals surface area contributed by atoms with E-state index in [1.807, 2.05) is 0 Å². The predicted octanol–water partition coefficient (Wildman–Crippen LogP) is 2.81. The van der Waals surface area contributed by atoms with Gasteiger partial charge in [-0.25, -0.2) is 0 Å². The Morgan fingerprint density at radius 2 is 2.05 bits per heavy atom. The van der Waals surface area contributed by atoms with Crippen molar-refractivity contribution in [3.63, 3.8) is 0 Å². The summed E-state index contributed by atoms with van der Waals surface area (Å²) in [6.45, 7) is 0. The highest BCUT2D eigenvalue weighted by Crippen LogP contribution is 2.29. The Hall–Kier alpha value is -1.69. The average Bonchev–Trinajstić information content (AvgIpc) is 2.54. The van der Waals surface area contributed by atoms with Gasteiger partial charge in [0.05, 0.1) is 4.92 Å². The zero-order valence-electron chi connectivity index (χ0n) is 10.6. The molecule has 2 unspecified atom stereocenters. The number of halogens is 1. The molecule has 0 bridgehead atoms. The Balaban J connectivity index is 2.22. The van der Waals surface area contributed by atoms with Crippen LogP contribution in [0.5, 0.6) is 0 Å². The maximum Gasteiger partial charge on any atom is 0.327 e. The van der Waals surface area contributed by atoms with Gasteiger partial charge in [0.1, 0.15) is 5.69 Å². The van der Waals surface area contributed by atoms with Crippen LogP contribution in [0.15, 0.2) is 18.2 Å². The molecule has 104 valence electrons. The Labute approximate surface area is 111 Å². The molecule has 5 nitrogen and oxygen atoms in total. The van der Waals surface area contributed by atoms with Crippen molar-refractivity contribution >= 4 is 11.4 Å². The number of nitro groups is 1. The molecule has 19 heavy (non-hydrogen) atoms. The van der Waals surface area contributed by atoms with Gasteiger partial charge in [-0.05, 0) is 25.0 Å². The normalized spacial score (nSPS) is 23.7. The summed E-state index contributed by atoms with van der Waals surface area (Å²) in [5, 5.41) is 14.0. The van der Waals surface area contributed by atoms with Gasteiger partial charge in [0.25, 0.3) is 0 Å². The number of benzene rings is 1. The molecule has 1 saturated carbocycles. The molecule has 1 aliphatic rings. The standard InChI is InChI=1S/C13H18FN3O2/c14-9-5-4-8-12(13(9)17(18)19)16-11-7-3-1-2-6-10(11)15/h4-5,8,10-11,16H,1-3,6-7,15H2. The van der Waals surface area contributed by atoms with Crippen LogP contribution in [0.3, 0.4) is 0 Å². The van der Waals surface area contributed by atoms with E-state index in [1.54, 1.807) is 0 Å². The molecule has 2 atom stereocenters. The van der Waals surface area contributed by atoms with E-state index in [1.165, 1.54) is 12.1 Å². The van der Waals surface area contributed by atoms with E-state index in [9.17, 15) is 14.5 Å². The first-order valence-electron chi connectivity index (χ1n) is 6.54. The Kier molecular flexibility index (Phi) is 4.31. The number of nitrogens with one attached hydrogen (secondary N) is 1. The molecule has 0 amide bonds. The first kappa shape index (κ1) is 13.7. The summed E-state index contributed by atoms with van der Waals surface area (Å²) in [6.07, 6.45) is 4.98. The van der Waals surface area contributed by atoms with Gasteiger partial charge in [-0.1, -0.05) is 25.3 Å². The van der Waals surface area contributed by atoms with Crippen molar-refractivity contribution in [3.05, 3.63) is 34.1 Å². The van der Waals surface area contributed by atoms with Gasteiger partial charge in [0.15, 0.2) is 0 Å².